The van der Waals surface area contributed by atoms with E-state index < -0.39 is 12.5 Å². The average molecular weight is 274 g/mol. The first-order chi connectivity index (χ1) is 8.58. The molecule has 2 aromatic heterocycles. The van der Waals surface area contributed by atoms with Crippen LogP contribution in [-0.2, 0) is 6.61 Å². The maximum atomic E-state index is 12.5. The van der Waals surface area contributed by atoms with Crippen LogP contribution >= 0.6 is 11.3 Å². The first kappa shape index (κ1) is 12.5. The van der Waals surface area contributed by atoms with Crippen LogP contribution in [0, 0.1) is 0 Å². The highest BCUT2D eigenvalue weighted by Crippen LogP contribution is 2.22. The maximum Gasteiger partial charge on any atom is 0.346 e. The highest BCUT2D eigenvalue weighted by molar-refractivity contribution is 7.12. The molecule has 0 atom stereocenters. The lowest BCUT2D eigenvalue weighted by molar-refractivity contribution is 0.0632. The summed E-state index contributed by atoms with van der Waals surface area (Å²) < 4.78 is 30.9. The number of thiophene rings is 1. The second kappa shape index (κ2) is 5.13. The second-order valence-corrected chi connectivity index (χ2v) is 4.18. The molecule has 96 valence electrons. The van der Waals surface area contributed by atoms with Gasteiger partial charge < -0.3 is 9.84 Å². The first-order valence-corrected chi connectivity index (χ1v) is 5.70. The molecule has 18 heavy (non-hydrogen) atoms. The van der Waals surface area contributed by atoms with Crippen LogP contribution in [0.1, 0.15) is 22.0 Å². The van der Waals surface area contributed by atoms with Gasteiger partial charge >= 0.3 is 12.5 Å². The lowest BCUT2D eigenvalue weighted by atomic mass is 10.4. The summed E-state index contributed by atoms with van der Waals surface area (Å²) in [7, 11) is 0. The Morgan fingerprint density at radius 3 is 3.00 bits per heavy atom. The van der Waals surface area contributed by atoms with Crippen LogP contribution in [0.15, 0.2) is 23.8 Å². The van der Waals surface area contributed by atoms with E-state index in [1.54, 1.807) is 0 Å². The number of halogens is 2. The van der Waals surface area contributed by atoms with Crippen molar-refractivity contribution in [3.63, 3.8) is 0 Å². The van der Waals surface area contributed by atoms with Crippen molar-refractivity contribution in [1.82, 2.24) is 9.55 Å². The number of aromatic nitrogens is 2. The predicted molar refractivity (Wildman–Crippen MR) is 59.1 cm³/mol. The van der Waals surface area contributed by atoms with Gasteiger partial charge in [0.05, 0.1) is 0 Å². The molecule has 0 radical (unpaired) electrons. The molecule has 8 heteroatoms. The molecular formula is C10H8F2N2O3S. The predicted octanol–water partition coefficient (Wildman–Crippen LogP) is 2.62. The fourth-order valence-electron chi connectivity index (χ4n) is 1.29. The topological polar surface area (TPSA) is 64.3 Å². The number of ether oxygens (including phenoxy) is 1. The largest absolute Gasteiger partial charge is 0.485 e. The minimum absolute atomic E-state index is 0.0769. The molecular weight excluding hydrogens is 266 g/mol. The molecule has 5 nitrogen and oxygen atoms in total. The third kappa shape index (κ3) is 2.65. The van der Waals surface area contributed by atoms with Crippen molar-refractivity contribution in [2.45, 2.75) is 13.2 Å². The molecule has 0 amide bonds. The summed E-state index contributed by atoms with van der Waals surface area (Å²) in [5, 5.41) is 10.2. The van der Waals surface area contributed by atoms with Crippen molar-refractivity contribution in [2.75, 3.05) is 0 Å². The zero-order chi connectivity index (χ0) is 13.1. The van der Waals surface area contributed by atoms with Crippen LogP contribution < -0.4 is 4.74 Å². The van der Waals surface area contributed by atoms with Crippen molar-refractivity contribution < 1.29 is 23.4 Å². The van der Waals surface area contributed by atoms with Gasteiger partial charge in [-0.3, -0.25) is 4.57 Å². The smallest absolute Gasteiger partial charge is 0.346 e. The van der Waals surface area contributed by atoms with Gasteiger partial charge in [-0.15, -0.1) is 11.3 Å². The van der Waals surface area contributed by atoms with Crippen LogP contribution in [0.5, 0.6) is 5.75 Å². The van der Waals surface area contributed by atoms with Crippen LogP contribution in [0.25, 0.3) is 0 Å². The van der Waals surface area contributed by atoms with Gasteiger partial charge in [-0.05, 0) is 0 Å². The van der Waals surface area contributed by atoms with Gasteiger partial charge in [-0.1, -0.05) is 0 Å². The molecule has 0 unspecified atom stereocenters. The van der Waals surface area contributed by atoms with Crippen molar-refractivity contribution in [3.8, 4) is 5.75 Å². The Bertz CT molecular complexity index is 553. The second-order valence-electron chi connectivity index (χ2n) is 3.27. The minimum Gasteiger partial charge on any atom is -0.485 e. The molecule has 2 aromatic rings. The van der Waals surface area contributed by atoms with Crippen molar-refractivity contribution in [1.29, 1.82) is 0 Å². The highest BCUT2D eigenvalue weighted by atomic mass is 32.1. The summed E-state index contributed by atoms with van der Waals surface area (Å²) in [6.45, 7) is -2.82. The van der Waals surface area contributed by atoms with Crippen LogP contribution in [0.2, 0.25) is 0 Å². The van der Waals surface area contributed by atoms with Gasteiger partial charge in [-0.2, -0.15) is 8.78 Å². The molecule has 0 fully saturated rings. The minimum atomic E-state index is -2.68. The van der Waals surface area contributed by atoms with E-state index in [4.69, 9.17) is 9.84 Å². The number of hydrogen-bond acceptors (Lipinski definition) is 4. The Morgan fingerprint density at radius 1 is 1.61 bits per heavy atom. The number of hydrogen-bond donors (Lipinski definition) is 1. The summed E-state index contributed by atoms with van der Waals surface area (Å²) >= 11 is 1.01. The number of carbonyl (C=O) groups is 1. The highest BCUT2D eigenvalue weighted by Gasteiger charge is 2.13. The quantitative estimate of drug-likeness (QED) is 0.910. The van der Waals surface area contributed by atoms with Gasteiger partial charge in [-0.25, -0.2) is 9.78 Å². The Morgan fingerprint density at radius 2 is 2.39 bits per heavy atom. The van der Waals surface area contributed by atoms with Crippen LogP contribution in [0.4, 0.5) is 8.78 Å². The van der Waals surface area contributed by atoms with E-state index >= 15 is 0 Å². The summed E-state index contributed by atoms with van der Waals surface area (Å²) in [6, 6.07) is 1.34. The molecule has 0 saturated heterocycles. The van der Waals surface area contributed by atoms with Crippen LogP contribution in [-0.4, -0.2) is 20.6 Å². The Balaban J connectivity index is 2.02. The van der Waals surface area contributed by atoms with Gasteiger partial charge in [0.25, 0.3) is 0 Å². The lowest BCUT2D eigenvalue weighted by Gasteiger charge is -2.06. The lowest BCUT2D eigenvalue weighted by Crippen LogP contribution is -2.06. The number of carboxylic acids is 1. The van der Waals surface area contributed by atoms with E-state index in [1.807, 2.05) is 0 Å². The molecule has 2 rings (SSSR count). The number of imidazole rings is 1. The standard InChI is InChI=1S/C10H8F2N2O3S/c11-10(12)14-2-1-13-8(14)4-17-6-3-7(9(15)16)18-5-6/h1-3,5,10H,4H2,(H,15,16). The molecule has 0 spiro atoms. The first-order valence-electron chi connectivity index (χ1n) is 4.82. The Labute approximate surface area is 104 Å². The van der Waals surface area contributed by atoms with Gasteiger partial charge in [0.15, 0.2) is 5.82 Å². The molecule has 1 N–H and O–H groups in total. The van der Waals surface area contributed by atoms with E-state index in [0.29, 0.717) is 10.3 Å². The molecule has 0 saturated carbocycles. The zero-order valence-electron chi connectivity index (χ0n) is 8.92. The SMILES string of the molecule is O=C(O)c1cc(OCc2nccn2C(F)F)cs1. The normalized spacial score (nSPS) is 10.8. The Kier molecular flexibility index (Phi) is 3.56. The molecule has 0 aliphatic heterocycles. The number of nitrogens with zero attached hydrogens (tertiary/aromatic N) is 2. The maximum absolute atomic E-state index is 12.5. The van der Waals surface area contributed by atoms with Crippen molar-refractivity contribution in [3.05, 3.63) is 34.5 Å². The molecule has 0 aliphatic rings. The third-order valence-electron chi connectivity index (χ3n) is 2.11. The molecule has 0 bridgehead atoms. The van der Waals surface area contributed by atoms with E-state index in [-0.39, 0.29) is 17.3 Å². The summed E-state index contributed by atoms with van der Waals surface area (Å²) in [6.07, 6.45) is 2.40. The van der Waals surface area contributed by atoms with Crippen molar-refractivity contribution >= 4 is 17.3 Å². The number of carboxylic acid groups (broad SMARTS) is 1. The summed E-state index contributed by atoms with van der Waals surface area (Å²) in [5.41, 5.74) is 0. The van der Waals surface area contributed by atoms with Crippen molar-refractivity contribution in [2.24, 2.45) is 0 Å². The monoisotopic (exact) mass is 274 g/mol. The number of aromatic carboxylic acids is 1. The molecule has 2 heterocycles. The van der Waals surface area contributed by atoms with Gasteiger partial charge in [0.1, 0.15) is 17.2 Å². The van der Waals surface area contributed by atoms with Gasteiger partial charge in [0.2, 0.25) is 0 Å². The fraction of sp³-hybridized carbons (Fsp3) is 0.200. The Hall–Kier alpha value is -1.96. The van der Waals surface area contributed by atoms with Gasteiger partial charge in [0, 0.05) is 23.8 Å². The van der Waals surface area contributed by atoms with E-state index in [9.17, 15) is 13.6 Å². The van der Waals surface area contributed by atoms with E-state index in [2.05, 4.69) is 4.98 Å². The fourth-order valence-corrected chi connectivity index (χ4v) is 1.95. The zero-order valence-corrected chi connectivity index (χ0v) is 9.73. The van der Waals surface area contributed by atoms with E-state index in [1.165, 1.54) is 17.6 Å². The third-order valence-corrected chi connectivity index (χ3v) is 3.01. The average Bonchev–Trinajstić information content (AvgIpc) is 2.95. The van der Waals surface area contributed by atoms with E-state index in [0.717, 1.165) is 17.5 Å². The summed E-state index contributed by atoms with van der Waals surface area (Å²) in [4.78, 5) is 14.5. The molecule has 0 aromatic carbocycles. The van der Waals surface area contributed by atoms with Crippen LogP contribution in [0.3, 0.4) is 0 Å². The molecule has 0 aliphatic carbocycles. The number of rotatable bonds is 5. The summed E-state index contributed by atoms with van der Waals surface area (Å²) in [5.74, 6) is -0.654. The number of alkyl halides is 2.